The zero-order chi connectivity index (χ0) is 14.5. The van der Waals surface area contributed by atoms with Crippen molar-refractivity contribution < 1.29 is 9.21 Å². The van der Waals surface area contributed by atoms with E-state index in [0.29, 0.717) is 23.6 Å². The van der Waals surface area contributed by atoms with E-state index in [4.69, 9.17) is 9.68 Å². The Kier molecular flexibility index (Phi) is 4.06. The first-order valence-corrected chi connectivity index (χ1v) is 6.14. The van der Waals surface area contributed by atoms with Crippen LogP contribution in [0.4, 0.5) is 5.69 Å². The van der Waals surface area contributed by atoms with Gasteiger partial charge in [-0.05, 0) is 30.3 Å². The summed E-state index contributed by atoms with van der Waals surface area (Å²) in [6.07, 6.45) is 0. The molecule has 0 atom stereocenters. The summed E-state index contributed by atoms with van der Waals surface area (Å²) in [7, 11) is 3.43. The van der Waals surface area contributed by atoms with Gasteiger partial charge in [0.2, 0.25) is 5.76 Å². The smallest absolute Gasteiger partial charge is 0.253 e. The van der Waals surface area contributed by atoms with E-state index < -0.39 is 0 Å². The molecule has 102 valence electrons. The van der Waals surface area contributed by atoms with Crippen molar-refractivity contribution in [1.29, 1.82) is 5.26 Å². The number of anilines is 1. The third kappa shape index (κ3) is 3.18. The number of benzene rings is 1. The minimum atomic E-state index is -0.0431. The normalized spacial score (nSPS) is 9.85. The summed E-state index contributed by atoms with van der Waals surface area (Å²) < 4.78 is 5.27. The van der Waals surface area contributed by atoms with E-state index in [9.17, 15) is 4.79 Å². The molecule has 1 heterocycles. The Morgan fingerprint density at radius 1 is 1.35 bits per heavy atom. The van der Waals surface area contributed by atoms with Crippen LogP contribution in [0.5, 0.6) is 0 Å². The molecule has 0 aliphatic carbocycles. The number of amides is 1. The van der Waals surface area contributed by atoms with Crippen LogP contribution < -0.4 is 5.32 Å². The van der Waals surface area contributed by atoms with Gasteiger partial charge in [-0.3, -0.25) is 4.79 Å². The van der Waals surface area contributed by atoms with Gasteiger partial charge in [0.15, 0.2) is 0 Å². The van der Waals surface area contributed by atoms with Gasteiger partial charge < -0.3 is 14.6 Å². The lowest BCUT2D eigenvalue weighted by Gasteiger charge is -2.11. The second kappa shape index (κ2) is 5.93. The average Bonchev–Trinajstić information content (AvgIpc) is 2.92. The van der Waals surface area contributed by atoms with Crippen LogP contribution in [0, 0.1) is 11.3 Å². The first kappa shape index (κ1) is 13.7. The summed E-state index contributed by atoms with van der Waals surface area (Å²) in [5.74, 6) is 0.919. The molecule has 0 saturated carbocycles. The molecule has 0 aliphatic heterocycles. The molecule has 0 radical (unpaired) electrons. The predicted octanol–water partition coefficient (Wildman–Crippen LogP) is 2.47. The van der Waals surface area contributed by atoms with Crippen molar-refractivity contribution in [2.75, 3.05) is 19.4 Å². The van der Waals surface area contributed by atoms with E-state index in [-0.39, 0.29) is 5.91 Å². The molecule has 0 spiro atoms. The molecule has 0 fully saturated rings. The Morgan fingerprint density at radius 2 is 2.15 bits per heavy atom. The lowest BCUT2D eigenvalue weighted by molar-refractivity contribution is 0.0827. The zero-order valence-electron chi connectivity index (χ0n) is 11.4. The van der Waals surface area contributed by atoms with E-state index in [2.05, 4.69) is 5.32 Å². The Hall–Kier alpha value is -2.74. The van der Waals surface area contributed by atoms with Gasteiger partial charge in [0.05, 0.1) is 6.54 Å². The molecule has 0 saturated heterocycles. The van der Waals surface area contributed by atoms with Crippen LogP contribution in [-0.4, -0.2) is 24.9 Å². The van der Waals surface area contributed by atoms with Crippen molar-refractivity contribution in [3.05, 3.63) is 53.5 Å². The summed E-state index contributed by atoms with van der Waals surface area (Å²) in [5, 5.41) is 11.8. The van der Waals surface area contributed by atoms with Crippen LogP contribution in [-0.2, 0) is 6.54 Å². The van der Waals surface area contributed by atoms with Gasteiger partial charge in [-0.1, -0.05) is 6.07 Å². The maximum atomic E-state index is 11.9. The molecule has 0 bridgehead atoms. The van der Waals surface area contributed by atoms with Crippen molar-refractivity contribution in [2.45, 2.75) is 6.54 Å². The zero-order valence-corrected chi connectivity index (χ0v) is 11.4. The van der Waals surface area contributed by atoms with Gasteiger partial charge in [-0.25, -0.2) is 0 Å². The second-order valence-corrected chi connectivity index (χ2v) is 4.51. The molecule has 1 aromatic carbocycles. The van der Waals surface area contributed by atoms with E-state index in [1.54, 1.807) is 38.4 Å². The van der Waals surface area contributed by atoms with Gasteiger partial charge in [-0.15, -0.1) is 0 Å². The topological polar surface area (TPSA) is 69.3 Å². The molecule has 1 N–H and O–H groups in total. The molecule has 5 nitrogen and oxygen atoms in total. The van der Waals surface area contributed by atoms with Crippen molar-refractivity contribution in [3.8, 4) is 6.07 Å². The summed E-state index contributed by atoms with van der Waals surface area (Å²) in [6.45, 7) is 0.460. The molecule has 5 heteroatoms. The maximum Gasteiger partial charge on any atom is 0.253 e. The third-order valence-electron chi connectivity index (χ3n) is 2.75. The fourth-order valence-electron chi connectivity index (χ4n) is 1.74. The number of nitrogens with zero attached hydrogens (tertiary/aromatic N) is 2. The number of hydrogen-bond acceptors (Lipinski definition) is 4. The predicted molar refractivity (Wildman–Crippen MR) is 75.2 cm³/mol. The SMILES string of the molecule is CN(C)C(=O)c1cccc(NCc2ccc(C#N)o2)c1. The highest BCUT2D eigenvalue weighted by molar-refractivity contribution is 5.94. The lowest BCUT2D eigenvalue weighted by Crippen LogP contribution is -2.21. The number of rotatable bonds is 4. The standard InChI is InChI=1S/C15H15N3O2/c1-18(2)15(19)11-4-3-5-12(8-11)17-10-14-7-6-13(9-16)20-14/h3-8,17H,10H2,1-2H3. The number of nitriles is 1. The van der Waals surface area contributed by atoms with Crippen molar-refractivity contribution in [3.63, 3.8) is 0 Å². The molecular formula is C15H15N3O2. The largest absolute Gasteiger partial charge is 0.449 e. The van der Waals surface area contributed by atoms with Gasteiger partial charge in [0.1, 0.15) is 11.8 Å². The molecule has 0 unspecified atom stereocenters. The molecule has 1 amide bonds. The molecule has 0 aliphatic rings. The van der Waals surface area contributed by atoms with Crippen molar-refractivity contribution >= 4 is 11.6 Å². The fourth-order valence-corrected chi connectivity index (χ4v) is 1.74. The summed E-state index contributed by atoms with van der Waals surface area (Å²) in [4.78, 5) is 13.4. The minimum Gasteiger partial charge on any atom is -0.449 e. The van der Waals surface area contributed by atoms with Crippen LogP contribution in [0.2, 0.25) is 0 Å². The summed E-state index contributed by atoms with van der Waals surface area (Å²) in [6, 6.07) is 12.6. The van der Waals surface area contributed by atoms with Crippen molar-refractivity contribution in [1.82, 2.24) is 4.90 Å². The Balaban J connectivity index is 2.05. The highest BCUT2D eigenvalue weighted by Crippen LogP contribution is 2.14. The highest BCUT2D eigenvalue weighted by Gasteiger charge is 2.08. The van der Waals surface area contributed by atoms with E-state index in [0.717, 1.165) is 5.69 Å². The van der Waals surface area contributed by atoms with Crippen LogP contribution >= 0.6 is 0 Å². The maximum absolute atomic E-state index is 11.9. The first-order valence-electron chi connectivity index (χ1n) is 6.14. The summed E-state index contributed by atoms with van der Waals surface area (Å²) >= 11 is 0. The third-order valence-corrected chi connectivity index (χ3v) is 2.75. The Labute approximate surface area is 117 Å². The van der Waals surface area contributed by atoms with Gasteiger partial charge in [0.25, 0.3) is 5.91 Å². The van der Waals surface area contributed by atoms with Gasteiger partial charge in [0, 0.05) is 25.3 Å². The number of carbonyl (C=O) groups is 1. The molecule has 20 heavy (non-hydrogen) atoms. The number of furan rings is 1. The Morgan fingerprint density at radius 3 is 2.80 bits per heavy atom. The van der Waals surface area contributed by atoms with Crippen molar-refractivity contribution in [2.24, 2.45) is 0 Å². The van der Waals surface area contributed by atoms with Gasteiger partial charge >= 0.3 is 0 Å². The molecule has 2 rings (SSSR count). The number of carbonyl (C=O) groups excluding carboxylic acids is 1. The lowest BCUT2D eigenvalue weighted by atomic mass is 10.2. The van der Waals surface area contributed by atoms with Crippen LogP contribution in [0.15, 0.2) is 40.8 Å². The Bertz CT molecular complexity index is 653. The fraction of sp³-hybridized carbons (Fsp3) is 0.200. The monoisotopic (exact) mass is 269 g/mol. The van der Waals surface area contributed by atoms with E-state index in [1.807, 2.05) is 18.2 Å². The van der Waals surface area contributed by atoms with Crippen LogP contribution in [0.1, 0.15) is 21.9 Å². The van der Waals surface area contributed by atoms with E-state index in [1.165, 1.54) is 4.90 Å². The van der Waals surface area contributed by atoms with Crippen LogP contribution in [0.3, 0.4) is 0 Å². The quantitative estimate of drug-likeness (QED) is 0.925. The van der Waals surface area contributed by atoms with E-state index >= 15 is 0 Å². The first-order chi connectivity index (χ1) is 9.60. The van der Waals surface area contributed by atoms with Crippen LogP contribution in [0.25, 0.3) is 0 Å². The highest BCUT2D eigenvalue weighted by atomic mass is 16.3. The van der Waals surface area contributed by atoms with Gasteiger partial charge in [-0.2, -0.15) is 5.26 Å². The number of nitrogens with one attached hydrogen (secondary N) is 1. The number of hydrogen-bond donors (Lipinski definition) is 1. The molecular weight excluding hydrogens is 254 g/mol. The molecule has 1 aromatic heterocycles. The second-order valence-electron chi connectivity index (χ2n) is 4.51. The summed E-state index contributed by atoms with van der Waals surface area (Å²) in [5.41, 5.74) is 1.45. The minimum absolute atomic E-state index is 0.0431. The molecule has 2 aromatic rings. The average molecular weight is 269 g/mol.